The van der Waals surface area contributed by atoms with Crippen LogP contribution < -0.4 is 5.73 Å². The summed E-state index contributed by atoms with van der Waals surface area (Å²) in [7, 11) is 1.66. The number of methoxy groups -OCH3 is 1. The summed E-state index contributed by atoms with van der Waals surface area (Å²) in [5.74, 6) is 0.595. The molecule has 1 atom stereocenters. The summed E-state index contributed by atoms with van der Waals surface area (Å²) < 4.78 is 20.3. The Kier molecular flexibility index (Phi) is 6.63. The number of benzene rings is 1. The summed E-state index contributed by atoms with van der Waals surface area (Å²) in [5, 5.41) is 1.04. The summed E-state index contributed by atoms with van der Waals surface area (Å²) in [4.78, 5) is 14.9. The van der Waals surface area contributed by atoms with Crippen molar-refractivity contribution in [1.29, 1.82) is 0 Å². The molecule has 6 nitrogen and oxygen atoms in total. The Morgan fingerprint density at radius 3 is 2.85 bits per heavy atom. The number of hydrogen-bond acceptors (Lipinski definition) is 4. The van der Waals surface area contributed by atoms with Crippen LogP contribution in [0.2, 0.25) is 0 Å². The van der Waals surface area contributed by atoms with Crippen molar-refractivity contribution < 1.29 is 14.1 Å². The number of primary amides is 1. The first kappa shape index (κ1) is 19.7. The lowest BCUT2D eigenvalue weighted by Gasteiger charge is -2.32. The maximum Gasteiger partial charge on any atom is 0.250 e. The van der Waals surface area contributed by atoms with Gasteiger partial charge in [-0.1, -0.05) is 15.9 Å². The van der Waals surface area contributed by atoms with Crippen molar-refractivity contribution in [3.63, 3.8) is 0 Å². The van der Waals surface area contributed by atoms with Gasteiger partial charge in [0.05, 0.1) is 17.7 Å². The van der Waals surface area contributed by atoms with Gasteiger partial charge in [0.1, 0.15) is 5.75 Å². The van der Waals surface area contributed by atoms with E-state index >= 15 is 0 Å². The van der Waals surface area contributed by atoms with E-state index in [9.17, 15) is 9.35 Å². The van der Waals surface area contributed by atoms with Crippen molar-refractivity contribution in [3.8, 4) is 0 Å². The second-order valence-corrected chi connectivity index (χ2v) is 9.04. The molecule has 3 N–H and O–H groups in total. The number of halogens is 1. The van der Waals surface area contributed by atoms with Gasteiger partial charge in [0.2, 0.25) is 0 Å². The largest absolute Gasteiger partial charge is 0.598 e. The van der Waals surface area contributed by atoms with Crippen molar-refractivity contribution in [1.82, 2.24) is 9.29 Å². The average molecular weight is 442 g/mol. The standard InChI is InChI=1S/C18H24BrN3O3S/c1-25-7-2-8-26(24)22-5-3-12(4-6-22)16-11-21-17-14(16)9-13(19)10-15(17)18(20)23/h9-12,21H,2-8H2,1H3,(H2,20,23). The van der Waals surface area contributed by atoms with Crippen molar-refractivity contribution in [2.45, 2.75) is 25.2 Å². The minimum atomic E-state index is -0.933. The quantitative estimate of drug-likeness (QED) is 0.509. The van der Waals surface area contributed by atoms with E-state index in [4.69, 9.17) is 10.5 Å². The number of aromatic amines is 1. The fourth-order valence-electron chi connectivity index (χ4n) is 3.58. The molecule has 1 aromatic carbocycles. The van der Waals surface area contributed by atoms with E-state index in [0.717, 1.165) is 47.7 Å². The van der Waals surface area contributed by atoms with Crippen molar-refractivity contribution in [3.05, 3.63) is 33.9 Å². The Morgan fingerprint density at radius 1 is 1.46 bits per heavy atom. The molecule has 1 aliphatic rings. The zero-order valence-corrected chi connectivity index (χ0v) is 17.2. The molecule has 1 unspecified atom stereocenters. The van der Waals surface area contributed by atoms with E-state index in [1.54, 1.807) is 13.2 Å². The molecule has 2 heterocycles. The third-order valence-electron chi connectivity index (χ3n) is 4.90. The molecule has 142 valence electrons. The lowest BCUT2D eigenvalue weighted by Crippen LogP contribution is -2.39. The Balaban J connectivity index is 1.71. The highest BCUT2D eigenvalue weighted by atomic mass is 79.9. The third kappa shape index (κ3) is 4.26. The number of carbonyl (C=O) groups is 1. The smallest absolute Gasteiger partial charge is 0.250 e. The fourth-order valence-corrected chi connectivity index (χ4v) is 5.28. The van der Waals surface area contributed by atoms with E-state index in [0.29, 0.717) is 23.8 Å². The van der Waals surface area contributed by atoms with Crippen LogP contribution in [0, 0.1) is 0 Å². The first-order valence-electron chi connectivity index (χ1n) is 8.74. The number of H-pyrrole nitrogens is 1. The summed E-state index contributed by atoms with van der Waals surface area (Å²) in [5.41, 5.74) is 8.00. The van der Waals surface area contributed by atoms with Gasteiger partial charge in [-0.25, -0.2) is 0 Å². The summed E-state index contributed by atoms with van der Waals surface area (Å²) in [6.07, 6.45) is 4.69. The Bertz CT molecular complexity index is 774. The van der Waals surface area contributed by atoms with Crippen LogP contribution in [-0.4, -0.2) is 52.3 Å². The molecule has 0 saturated carbocycles. The number of fused-ring (bicyclic) bond motifs is 1. The van der Waals surface area contributed by atoms with Crippen LogP contribution in [0.25, 0.3) is 10.9 Å². The summed E-state index contributed by atoms with van der Waals surface area (Å²) >= 11 is 2.54. The lowest BCUT2D eigenvalue weighted by atomic mass is 9.89. The number of nitrogens with two attached hydrogens (primary N) is 1. The van der Waals surface area contributed by atoms with E-state index in [2.05, 4.69) is 25.2 Å². The molecule has 2 aromatic rings. The van der Waals surface area contributed by atoms with Crippen LogP contribution in [-0.2, 0) is 16.1 Å². The van der Waals surface area contributed by atoms with Crippen LogP contribution >= 0.6 is 15.9 Å². The first-order valence-corrected chi connectivity index (χ1v) is 10.8. The Hall–Kier alpha value is -1.06. The van der Waals surface area contributed by atoms with Gasteiger partial charge in [0, 0.05) is 54.0 Å². The molecule has 3 rings (SSSR count). The van der Waals surface area contributed by atoms with Gasteiger partial charge >= 0.3 is 0 Å². The third-order valence-corrected chi connectivity index (χ3v) is 6.94. The number of aromatic nitrogens is 1. The minimum absolute atomic E-state index is 0.381. The van der Waals surface area contributed by atoms with E-state index in [1.165, 1.54) is 5.56 Å². The predicted molar refractivity (Wildman–Crippen MR) is 108 cm³/mol. The number of ether oxygens (including phenoxy) is 1. The minimum Gasteiger partial charge on any atom is -0.598 e. The first-order chi connectivity index (χ1) is 12.5. The van der Waals surface area contributed by atoms with Gasteiger partial charge in [0.15, 0.2) is 0 Å². The zero-order chi connectivity index (χ0) is 18.7. The number of carbonyl (C=O) groups excluding carboxylic acids is 1. The van der Waals surface area contributed by atoms with Crippen molar-refractivity contribution in [2.75, 3.05) is 32.6 Å². The second kappa shape index (κ2) is 8.75. The van der Waals surface area contributed by atoms with Crippen LogP contribution in [0.3, 0.4) is 0 Å². The zero-order valence-electron chi connectivity index (χ0n) is 14.8. The van der Waals surface area contributed by atoms with Gasteiger partial charge in [-0.05, 0) is 36.5 Å². The van der Waals surface area contributed by atoms with Crippen molar-refractivity contribution >= 4 is 44.1 Å². The van der Waals surface area contributed by atoms with Crippen LogP contribution in [0.4, 0.5) is 0 Å². The Morgan fingerprint density at radius 2 is 2.19 bits per heavy atom. The number of amides is 1. The second-order valence-electron chi connectivity index (χ2n) is 6.56. The van der Waals surface area contributed by atoms with Gasteiger partial charge < -0.3 is 20.0 Å². The SMILES string of the molecule is COCCC[S+]([O-])N1CCC(c2c[nH]c3c(C(N)=O)cc(Br)cc23)CC1. The lowest BCUT2D eigenvalue weighted by molar-refractivity contribution is 0.100. The van der Waals surface area contributed by atoms with Gasteiger partial charge in [-0.2, -0.15) is 0 Å². The van der Waals surface area contributed by atoms with Crippen LogP contribution in [0.1, 0.15) is 41.1 Å². The number of nitrogens with zero attached hydrogens (tertiary/aromatic N) is 1. The molecule has 0 spiro atoms. The van der Waals surface area contributed by atoms with Crippen LogP contribution in [0.15, 0.2) is 22.8 Å². The molecule has 1 amide bonds. The van der Waals surface area contributed by atoms with Gasteiger partial charge in [0.25, 0.3) is 5.91 Å². The highest BCUT2D eigenvalue weighted by molar-refractivity contribution is 9.10. The number of hydrogen-bond donors (Lipinski definition) is 2. The molecule has 0 bridgehead atoms. The molecule has 1 aromatic heterocycles. The summed E-state index contributed by atoms with van der Waals surface area (Å²) in [6.45, 7) is 2.27. The number of nitrogens with one attached hydrogen (secondary N) is 1. The highest BCUT2D eigenvalue weighted by Gasteiger charge is 2.29. The molecular formula is C18H24BrN3O3S. The molecule has 0 aliphatic carbocycles. The maximum atomic E-state index is 12.4. The molecule has 1 fully saturated rings. The molecule has 8 heteroatoms. The van der Waals surface area contributed by atoms with Gasteiger partial charge in [-0.3, -0.25) is 4.79 Å². The topological polar surface area (TPSA) is 94.4 Å². The number of piperidine rings is 1. The molecule has 1 saturated heterocycles. The molecular weight excluding hydrogens is 418 g/mol. The predicted octanol–water partition coefficient (Wildman–Crippen LogP) is 2.91. The fraction of sp³-hybridized carbons (Fsp3) is 0.500. The summed E-state index contributed by atoms with van der Waals surface area (Å²) in [6, 6.07) is 3.78. The maximum absolute atomic E-state index is 12.4. The van der Waals surface area contributed by atoms with Crippen molar-refractivity contribution in [2.24, 2.45) is 5.73 Å². The monoisotopic (exact) mass is 441 g/mol. The highest BCUT2D eigenvalue weighted by Crippen LogP contribution is 2.36. The molecule has 26 heavy (non-hydrogen) atoms. The average Bonchev–Trinajstić information content (AvgIpc) is 3.04. The number of rotatable bonds is 7. The molecule has 0 radical (unpaired) electrons. The molecule has 1 aliphatic heterocycles. The van der Waals surface area contributed by atoms with E-state index in [-0.39, 0.29) is 0 Å². The normalized spacial score (nSPS) is 17.7. The van der Waals surface area contributed by atoms with Crippen LogP contribution in [0.5, 0.6) is 0 Å². The van der Waals surface area contributed by atoms with Gasteiger partial charge in [-0.15, -0.1) is 4.31 Å². The van der Waals surface area contributed by atoms with E-state index in [1.807, 2.05) is 12.3 Å². The Labute approximate surface area is 164 Å². The van der Waals surface area contributed by atoms with E-state index < -0.39 is 17.3 Å².